The second-order valence-electron chi connectivity index (χ2n) is 3.23. The first-order valence-corrected chi connectivity index (χ1v) is 3.98. The number of rotatable bonds is 2. The zero-order valence-electron chi connectivity index (χ0n) is 7.26. The highest BCUT2D eigenvalue weighted by Crippen LogP contribution is 2.04. The third-order valence-electron chi connectivity index (χ3n) is 1.52. The maximum Gasteiger partial charge on any atom is 0.266 e. The molecule has 0 bridgehead atoms. The van der Waals surface area contributed by atoms with Crippen molar-refractivity contribution < 1.29 is 9.59 Å². The molecule has 1 aliphatic heterocycles. The van der Waals surface area contributed by atoms with Crippen LogP contribution >= 0.6 is 0 Å². The number of amides is 2. The number of nitrogens with one attached hydrogen (secondary N) is 1. The minimum Gasteiger partial charge on any atom is -0.342 e. The van der Waals surface area contributed by atoms with Crippen molar-refractivity contribution >= 4 is 17.5 Å². The van der Waals surface area contributed by atoms with E-state index < -0.39 is 0 Å². The smallest absolute Gasteiger partial charge is 0.266 e. The minimum atomic E-state index is -0.259. The maximum absolute atomic E-state index is 11.1. The van der Waals surface area contributed by atoms with Crippen LogP contribution in [0.3, 0.4) is 0 Å². The van der Waals surface area contributed by atoms with Gasteiger partial charge in [0.25, 0.3) is 11.8 Å². The van der Waals surface area contributed by atoms with Crippen molar-refractivity contribution in [2.45, 2.75) is 20.3 Å². The first-order chi connectivity index (χ1) is 5.59. The molecule has 4 heteroatoms. The van der Waals surface area contributed by atoms with Gasteiger partial charge < -0.3 is 5.32 Å². The molecule has 12 heavy (non-hydrogen) atoms. The van der Waals surface area contributed by atoms with E-state index in [1.807, 2.05) is 13.8 Å². The summed E-state index contributed by atoms with van der Waals surface area (Å²) in [6.07, 6.45) is 0.567. The van der Waals surface area contributed by atoms with Gasteiger partial charge in [-0.05, 0) is 12.3 Å². The van der Waals surface area contributed by atoms with Crippen LogP contribution in [0.2, 0.25) is 0 Å². The second-order valence-corrected chi connectivity index (χ2v) is 3.23. The molecule has 0 unspecified atom stereocenters. The topological polar surface area (TPSA) is 58.5 Å². The molecule has 0 fully saturated rings. The fourth-order valence-corrected chi connectivity index (χ4v) is 1.02. The van der Waals surface area contributed by atoms with E-state index in [4.69, 9.17) is 0 Å². The van der Waals surface area contributed by atoms with Crippen LogP contribution in [0.25, 0.3) is 0 Å². The molecule has 0 saturated carbocycles. The predicted octanol–water partition coefficient (Wildman–Crippen LogP) is 0.130. The lowest BCUT2D eigenvalue weighted by atomic mass is 10.1. The summed E-state index contributed by atoms with van der Waals surface area (Å²) in [5.74, 6) is -0.117. The van der Waals surface area contributed by atoms with E-state index in [1.54, 1.807) is 0 Å². The number of nitrogens with zero attached hydrogens (tertiary/aromatic N) is 1. The van der Waals surface area contributed by atoms with Gasteiger partial charge in [-0.3, -0.25) is 9.59 Å². The Morgan fingerprint density at radius 1 is 1.50 bits per heavy atom. The fraction of sp³-hybridized carbons (Fsp3) is 0.625. The standard InChI is InChI=1S/C8H12N2O2/c1-5(2)3-6-8(12)9-4-7(11)10-6/h5H,3-4H2,1-2H3,(H,9,12). The van der Waals surface area contributed by atoms with Crippen LogP contribution in [-0.2, 0) is 9.59 Å². The first-order valence-electron chi connectivity index (χ1n) is 3.98. The molecule has 0 atom stereocenters. The van der Waals surface area contributed by atoms with Crippen molar-refractivity contribution in [3.8, 4) is 0 Å². The minimum absolute atomic E-state index is 0.0421. The van der Waals surface area contributed by atoms with Gasteiger partial charge >= 0.3 is 0 Å². The van der Waals surface area contributed by atoms with Gasteiger partial charge in [-0.1, -0.05) is 13.8 Å². The Labute approximate surface area is 71.1 Å². The Morgan fingerprint density at radius 3 is 2.75 bits per heavy atom. The molecule has 1 N–H and O–H groups in total. The quantitative estimate of drug-likeness (QED) is 0.637. The molecule has 0 aliphatic carbocycles. The average Bonchev–Trinajstić information content (AvgIpc) is 1.96. The molecule has 0 saturated heterocycles. The largest absolute Gasteiger partial charge is 0.342 e. The van der Waals surface area contributed by atoms with Crippen LogP contribution in [-0.4, -0.2) is 24.1 Å². The summed E-state index contributed by atoms with van der Waals surface area (Å²) in [5, 5.41) is 2.47. The van der Waals surface area contributed by atoms with E-state index in [-0.39, 0.29) is 18.4 Å². The molecule has 0 spiro atoms. The Kier molecular flexibility index (Phi) is 2.58. The van der Waals surface area contributed by atoms with Crippen LogP contribution < -0.4 is 5.32 Å². The summed E-state index contributed by atoms with van der Waals surface area (Å²) in [6.45, 7) is 4.00. The van der Waals surface area contributed by atoms with Gasteiger partial charge in [0.05, 0.1) is 6.54 Å². The summed E-state index contributed by atoms with van der Waals surface area (Å²) in [6, 6.07) is 0. The lowest BCUT2D eigenvalue weighted by Crippen LogP contribution is -2.40. The van der Waals surface area contributed by atoms with Gasteiger partial charge in [0.2, 0.25) is 0 Å². The monoisotopic (exact) mass is 168 g/mol. The highest BCUT2D eigenvalue weighted by atomic mass is 16.2. The Bertz CT molecular complexity index is 243. The number of carbonyl (C=O) groups excluding carboxylic acids is 2. The average molecular weight is 168 g/mol. The maximum atomic E-state index is 11.1. The molecule has 1 aliphatic rings. The molecule has 2 amide bonds. The van der Waals surface area contributed by atoms with E-state index in [0.29, 0.717) is 18.1 Å². The molecule has 66 valence electrons. The highest BCUT2D eigenvalue weighted by Gasteiger charge is 2.19. The van der Waals surface area contributed by atoms with Gasteiger partial charge in [-0.25, -0.2) is 4.99 Å². The molecule has 0 aromatic heterocycles. The number of hydrogen-bond donors (Lipinski definition) is 1. The zero-order valence-corrected chi connectivity index (χ0v) is 7.26. The molecule has 0 aromatic rings. The SMILES string of the molecule is CC(C)CC1=NC(=O)CNC1=O. The van der Waals surface area contributed by atoms with Crippen LogP contribution in [0.5, 0.6) is 0 Å². The van der Waals surface area contributed by atoms with Crippen LogP contribution in [0.4, 0.5) is 0 Å². The Balaban J connectivity index is 2.71. The van der Waals surface area contributed by atoms with Crippen LogP contribution in [0.1, 0.15) is 20.3 Å². The molecule has 0 radical (unpaired) electrons. The lowest BCUT2D eigenvalue weighted by molar-refractivity contribution is -0.122. The van der Waals surface area contributed by atoms with Gasteiger partial charge in [-0.2, -0.15) is 0 Å². The van der Waals surface area contributed by atoms with E-state index in [1.165, 1.54) is 0 Å². The number of hydrogen-bond acceptors (Lipinski definition) is 2. The van der Waals surface area contributed by atoms with Gasteiger partial charge in [0.15, 0.2) is 0 Å². The van der Waals surface area contributed by atoms with Gasteiger partial charge in [0, 0.05) is 0 Å². The molecule has 1 heterocycles. The normalized spacial score (nSPS) is 17.8. The Morgan fingerprint density at radius 2 is 2.17 bits per heavy atom. The highest BCUT2D eigenvalue weighted by molar-refractivity contribution is 6.42. The summed E-state index contributed by atoms with van der Waals surface area (Å²) in [7, 11) is 0. The molecule has 0 aromatic carbocycles. The van der Waals surface area contributed by atoms with Crippen LogP contribution in [0, 0.1) is 5.92 Å². The van der Waals surface area contributed by atoms with Crippen molar-refractivity contribution in [3.63, 3.8) is 0 Å². The predicted molar refractivity (Wildman–Crippen MR) is 44.9 cm³/mol. The van der Waals surface area contributed by atoms with Crippen molar-refractivity contribution in [1.29, 1.82) is 0 Å². The van der Waals surface area contributed by atoms with E-state index in [2.05, 4.69) is 10.3 Å². The van der Waals surface area contributed by atoms with Crippen molar-refractivity contribution in [2.24, 2.45) is 10.9 Å². The van der Waals surface area contributed by atoms with E-state index in [9.17, 15) is 9.59 Å². The molecular weight excluding hydrogens is 156 g/mol. The van der Waals surface area contributed by atoms with E-state index >= 15 is 0 Å². The number of aliphatic imine (C=N–C) groups is 1. The van der Waals surface area contributed by atoms with Crippen LogP contribution in [0.15, 0.2) is 4.99 Å². The summed E-state index contributed by atoms with van der Waals surface area (Å²) in [4.78, 5) is 25.5. The third-order valence-corrected chi connectivity index (χ3v) is 1.52. The molecular formula is C8H12N2O2. The van der Waals surface area contributed by atoms with Crippen molar-refractivity contribution in [3.05, 3.63) is 0 Å². The summed E-state index contributed by atoms with van der Waals surface area (Å²) < 4.78 is 0. The first kappa shape index (κ1) is 8.90. The lowest BCUT2D eigenvalue weighted by Gasteiger charge is -2.12. The second kappa shape index (κ2) is 3.47. The molecule has 4 nitrogen and oxygen atoms in total. The Hall–Kier alpha value is -1.19. The third kappa shape index (κ3) is 2.15. The zero-order chi connectivity index (χ0) is 9.14. The summed E-state index contributed by atoms with van der Waals surface area (Å²) in [5.41, 5.74) is 0.362. The van der Waals surface area contributed by atoms with Gasteiger partial charge in [-0.15, -0.1) is 0 Å². The van der Waals surface area contributed by atoms with Crippen molar-refractivity contribution in [2.75, 3.05) is 6.54 Å². The summed E-state index contributed by atoms with van der Waals surface area (Å²) >= 11 is 0. The molecule has 1 rings (SSSR count). The fourth-order valence-electron chi connectivity index (χ4n) is 1.02. The van der Waals surface area contributed by atoms with E-state index in [0.717, 1.165) is 0 Å². The van der Waals surface area contributed by atoms with Crippen molar-refractivity contribution in [1.82, 2.24) is 5.32 Å². The van der Waals surface area contributed by atoms with Gasteiger partial charge in [0.1, 0.15) is 5.71 Å². The number of carbonyl (C=O) groups is 2.